The molecule has 0 bridgehead atoms. The van der Waals surface area contributed by atoms with Crippen molar-refractivity contribution in [1.29, 1.82) is 0 Å². The second-order valence-electron chi connectivity index (χ2n) is 6.59. The SMILES string of the molecule is O=C(NCCc1ccc(F)cc1)c1ccccc1S(=O)(=O)N1CCCCC1. The molecule has 1 amide bonds. The van der Waals surface area contributed by atoms with Crippen LogP contribution in [0.25, 0.3) is 0 Å². The molecular formula is C20H23FN2O3S. The Hall–Kier alpha value is -2.25. The normalized spacial score (nSPS) is 15.4. The Morgan fingerprint density at radius 2 is 1.67 bits per heavy atom. The summed E-state index contributed by atoms with van der Waals surface area (Å²) in [6.45, 7) is 1.31. The first-order valence-electron chi connectivity index (χ1n) is 9.10. The molecule has 0 unspecified atom stereocenters. The zero-order valence-corrected chi connectivity index (χ0v) is 15.8. The van der Waals surface area contributed by atoms with Gasteiger partial charge in [0.25, 0.3) is 5.91 Å². The van der Waals surface area contributed by atoms with Crippen molar-refractivity contribution < 1.29 is 17.6 Å². The van der Waals surface area contributed by atoms with Crippen molar-refractivity contribution in [3.05, 3.63) is 65.5 Å². The minimum Gasteiger partial charge on any atom is -0.352 e. The molecular weight excluding hydrogens is 367 g/mol. The second-order valence-corrected chi connectivity index (χ2v) is 8.50. The molecule has 27 heavy (non-hydrogen) atoms. The summed E-state index contributed by atoms with van der Waals surface area (Å²) in [6.07, 6.45) is 3.24. The number of hydrogen-bond acceptors (Lipinski definition) is 3. The zero-order chi connectivity index (χ0) is 19.3. The summed E-state index contributed by atoms with van der Waals surface area (Å²) in [5, 5.41) is 2.76. The number of rotatable bonds is 6. The lowest BCUT2D eigenvalue weighted by Crippen LogP contribution is -2.37. The summed E-state index contributed by atoms with van der Waals surface area (Å²) in [7, 11) is -3.69. The second kappa shape index (κ2) is 8.63. The number of carbonyl (C=O) groups excluding carboxylic acids is 1. The van der Waals surface area contributed by atoms with Crippen molar-refractivity contribution in [1.82, 2.24) is 9.62 Å². The maximum Gasteiger partial charge on any atom is 0.252 e. The maximum atomic E-state index is 13.0. The van der Waals surface area contributed by atoms with Gasteiger partial charge in [0.05, 0.1) is 10.5 Å². The van der Waals surface area contributed by atoms with Crippen LogP contribution in [0.5, 0.6) is 0 Å². The molecule has 2 aromatic rings. The number of piperidine rings is 1. The third-order valence-electron chi connectivity index (χ3n) is 4.68. The first-order valence-corrected chi connectivity index (χ1v) is 10.5. The molecule has 1 fully saturated rings. The summed E-state index contributed by atoms with van der Waals surface area (Å²) >= 11 is 0. The quantitative estimate of drug-likeness (QED) is 0.825. The van der Waals surface area contributed by atoms with Gasteiger partial charge >= 0.3 is 0 Å². The van der Waals surface area contributed by atoms with Gasteiger partial charge in [-0.2, -0.15) is 4.31 Å². The average Bonchev–Trinajstić information content (AvgIpc) is 2.70. The summed E-state index contributed by atoms with van der Waals surface area (Å²) < 4.78 is 40.3. The Morgan fingerprint density at radius 3 is 2.37 bits per heavy atom. The van der Waals surface area contributed by atoms with Crippen LogP contribution in [0.2, 0.25) is 0 Å². The molecule has 144 valence electrons. The lowest BCUT2D eigenvalue weighted by molar-refractivity contribution is 0.0950. The highest BCUT2D eigenvalue weighted by atomic mass is 32.2. The van der Waals surface area contributed by atoms with Gasteiger partial charge in [0.2, 0.25) is 10.0 Å². The van der Waals surface area contributed by atoms with Gasteiger partial charge in [-0.25, -0.2) is 12.8 Å². The Morgan fingerprint density at radius 1 is 1.00 bits per heavy atom. The fourth-order valence-corrected chi connectivity index (χ4v) is 4.90. The van der Waals surface area contributed by atoms with Crippen molar-refractivity contribution in [3.8, 4) is 0 Å². The standard InChI is InChI=1S/C20H23FN2O3S/c21-17-10-8-16(9-11-17)12-13-22-20(24)18-6-2-3-7-19(18)27(25,26)23-14-4-1-5-15-23/h2-3,6-11H,1,4-5,12-15H2,(H,22,24). The van der Waals surface area contributed by atoms with Crippen LogP contribution in [0.4, 0.5) is 4.39 Å². The van der Waals surface area contributed by atoms with E-state index in [1.165, 1.54) is 28.6 Å². The number of sulfonamides is 1. The molecule has 5 nitrogen and oxygen atoms in total. The lowest BCUT2D eigenvalue weighted by Gasteiger charge is -2.26. The highest BCUT2D eigenvalue weighted by Gasteiger charge is 2.29. The molecule has 2 aromatic carbocycles. The van der Waals surface area contributed by atoms with E-state index in [9.17, 15) is 17.6 Å². The van der Waals surface area contributed by atoms with Crippen molar-refractivity contribution in [2.75, 3.05) is 19.6 Å². The van der Waals surface area contributed by atoms with Gasteiger partial charge in [-0.15, -0.1) is 0 Å². The highest BCUT2D eigenvalue weighted by Crippen LogP contribution is 2.23. The van der Waals surface area contributed by atoms with E-state index >= 15 is 0 Å². The number of halogens is 1. The topological polar surface area (TPSA) is 66.5 Å². The average molecular weight is 390 g/mol. The van der Waals surface area contributed by atoms with E-state index in [1.54, 1.807) is 24.3 Å². The van der Waals surface area contributed by atoms with Gasteiger partial charge < -0.3 is 5.32 Å². The Balaban J connectivity index is 1.70. The van der Waals surface area contributed by atoms with E-state index in [2.05, 4.69) is 5.32 Å². The van der Waals surface area contributed by atoms with E-state index in [0.717, 1.165) is 24.8 Å². The molecule has 3 rings (SSSR count). The number of amides is 1. The molecule has 0 radical (unpaired) electrons. The third-order valence-corrected chi connectivity index (χ3v) is 6.63. The monoisotopic (exact) mass is 390 g/mol. The fourth-order valence-electron chi connectivity index (χ4n) is 3.19. The predicted molar refractivity (Wildman–Crippen MR) is 101 cm³/mol. The smallest absolute Gasteiger partial charge is 0.252 e. The van der Waals surface area contributed by atoms with Crippen molar-refractivity contribution in [3.63, 3.8) is 0 Å². The number of benzene rings is 2. The van der Waals surface area contributed by atoms with Crippen LogP contribution in [-0.2, 0) is 16.4 Å². The van der Waals surface area contributed by atoms with Crippen LogP contribution in [0.3, 0.4) is 0 Å². The number of hydrogen-bond donors (Lipinski definition) is 1. The third kappa shape index (κ3) is 4.73. The molecule has 0 saturated carbocycles. The van der Waals surface area contributed by atoms with Gasteiger partial charge in [0.15, 0.2) is 0 Å². The highest BCUT2D eigenvalue weighted by molar-refractivity contribution is 7.89. The van der Waals surface area contributed by atoms with E-state index < -0.39 is 15.9 Å². The Bertz CT molecular complexity index is 892. The van der Waals surface area contributed by atoms with Crippen LogP contribution in [0.1, 0.15) is 35.2 Å². The molecule has 1 heterocycles. The fraction of sp³-hybridized carbons (Fsp3) is 0.350. The molecule has 0 spiro atoms. The Kier molecular flexibility index (Phi) is 6.23. The minimum atomic E-state index is -3.69. The summed E-state index contributed by atoms with van der Waals surface area (Å²) in [5.74, 6) is -0.729. The van der Waals surface area contributed by atoms with Crippen molar-refractivity contribution >= 4 is 15.9 Å². The van der Waals surface area contributed by atoms with Gasteiger partial charge in [0, 0.05) is 19.6 Å². The van der Waals surface area contributed by atoms with E-state index in [1.807, 2.05) is 0 Å². The minimum absolute atomic E-state index is 0.0474. The first kappa shape index (κ1) is 19.5. The molecule has 0 atom stereocenters. The number of nitrogens with zero attached hydrogens (tertiary/aromatic N) is 1. The molecule has 1 saturated heterocycles. The van der Waals surface area contributed by atoms with Gasteiger partial charge in [-0.1, -0.05) is 30.7 Å². The Labute approximate surface area is 159 Å². The van der Waals surface area contributed by atoms with Crippen LogP contribution in [0.15, 0.2) is 53.4 Å². The molecule has 1 N–H and O–H groups in total. The predicted octanol–water partition coefficient (Wildman–Crippen LogP) is 2.97. The first-order chi connectivity index (χ1) is 13.0. The maximum absolute atomic E-state index is 13.0. The molecule has 1 aliphatic heterocycles. The van der Waals surface area contributed by atoms with Gasteiger partial charge in [-0.3, -0.25) is 4.79 Å². The van der Waals surface area contributed by atoms with Crippen LogP contribution >= 0.6 is 0 Å². The largest absolute Gasteiger partial charge is 0.352 e. The van der Waals surface area contributed by atoms with E-state index in [-0.39, 0.29) is 16.3 Å². The molecule has 0 aromatic heterocycles. The van der Waals surface area contributed by atoms with E-state index in [0.29, 0.717) is 26.1 Å². The van der Waals surface area contributed by atoms with Gasteiger partial charge in [0.1, 0.15) is 5.82 Å². The van der Waals surface area contributed by atoms with E-state index in [4.69, 9.17) is 0 Å². The van der Waals surface area contributed by atoms with Crippen LogP contribution in [-0.4, -0.2) is 38.3 Å². The lowest BCUT2D eigenvalue weighted by atomic mass is 10.1. The van der Waals surface area contributed by atoms with Gasteiger partial charge in [-0.05, 0) is 49.1 Å². The molecule has 1 aliphatic rings. The number of nitrogens with one attached hydrogen (secondary N) is 1. The summed E-state index contributed by atoms with van der Waals surface area (Å²) in [5.41, 5.74) is 1.05. The molecule has 7 heteroatoms. The van der Waals surface area contributed by atoms with Crippen molar-refractivity contribution in [2.24, 2.45) is 0 Å². The van der Waals surface area contributed by atoms with Crippen LogP contribution < -0.4 is 5.32 Å². The van der Waals surface area contributed by atoms with Crippen LogP contribution in [0, 0.1) is 5.82 Å². The summed E-state index contributed by atoms with van der Waals surface area (Å²) in [4.78, 5) is 12.6. The summed E-state index contributed by atoms with van der Waals surface area (Å²) in [6, 6.07) is 12.4. The van der Waals surface area contributed by atoms with Crippen molar-refractivity contribution in [2.45, 2.75) is 30.6 Å². The zero-order valence-electron chi connectivity index (χ0n) is 15.0. The molecule has 0 aliphatic carbocycles. The number of carbonyl (C=O) groups is 1.